The van der Waals surface area contributed by atoms with Gasteiger partial charge in [-0.2, -0.15) is 5.10 Å². The van der Waals surface area contributed by atoms with Gasteiger partial charge in [0.05, 0.1) is 19.2 Å². The molecule has 0 radical (unpaired) electrons. The molecule has 0 spiro atoms. The first-order valence-corrected chi connectivity index (χ1v) is 10.2. The first-order valence-electron chi connectivity index (χ1n) is 10.2. The lowest BCUT2D eigenvalue weighted by Crippen LogP contribution is -2.30. The van der Waals surface area contributed by atoms with Crippen LogP contribution in [0.15, 0.2) is 54.6 Å². The molecule has 2 aromatic carbocycles. The van der Waals surface area contributed by atoms with Crippen LogP contribution in [0.2, 0.25) is 0 Å². The van der Waals surface area contributed by atoms with Crippen molar-refractivity contribution in [1.29, 1.82) is 0 Å². The molecule has 0 saturated heterocycles. The predicted molar refractivity (Wildman–Crippen MR) is 116 cm³/mol. The Labute approximate surface area is 177 Å². The fourth-order valence-electron chi connectivity index (χ4n) is 3.51. The predicted octanol–water partition coefficient (Wildman–Crippen LogP) is 4.65. The van der Waals surface area contributed by atoms with E-state index >= 15 is 0 Å². The molecule has 0 bridgehead atoms. The molecule has 0 N–H and O–H groups in total. The standard InChI is InChI=1S/C24H27N3O3/c1-17(28)27(15-18-9-10-18)16-22-23(19-7-5-4-6-8-19)25-26(2)24(22)30-21-13-11-20(29-3)12-14-21/h4-8,11-14,18H,9-10,15-16H2,1-3H3. The van der Waals surface area contributed by atoms with E-state index in [9.17, 15) is 4.79 Å². The summed E-state index contributed by atoms with van der Waals surface area (Å²) in [6.45, 7) is 2.88. The Balaban J connectivity index is 1.72. The van der Waals surface area contributed by atoms with Crippen molar-refractivity contribution in [2.24, 2.45) is 13.0 Å². The Morgan fingerprint density at radius 2 is 1.77 bits per heavy atom. The molecule has 0 unspecified atom stereocenters. The SMILES string of the molecule is COc1ccc(Oc2c(CN(CC3CC3)C(C)=O)c(-c3ccccc3)nn2C)cc1. The van der Waals surface area contributed by atoms with Crippen LogP contribution in [0.5, 0.6) is 17.4 Å². The average molecular weight is 405 g/mol. The molecule has 1 saturated carbocycles. The van der Waals surface area contributed by atoms with E-state index in [1.807, 2.05) is 66.5 Å². The summed E-state index contributed by atoms with van der Waals surface area (Å²) in [4.78, 5) is 14.3. The maximum atomic E-state index is 12.4. The van der Waals surface area contributed by atoms with Gasteiger partial charge in [-0.25, -0.2) is 4.68 Å². The summed E-state index contributed by atoms with van der Waals surface area (Å²) in [6.07, 6.45) is 2.38. The minimum Gasteiger partial charge on any atom is -0.497 e. The van der Waals surface area contributed by atoms with Crippen molar-refractivity contribution in [1.82, 2.24) is 14.7 Å². The third-order valence-corrected chi connectivity index (χ3v) is 5.38. The van der Waals surface area contributed by atoms with Gasteiger partial charge < -0.3 is 14.4 Å². The molecule has 4 rings (SSSR count). The maximum absolute atomic E-state index is 12.4. The van der Waals surface area contributed by atoms with E-state index in [0.717, 1.165) is 29.1 Å². The second-order valence-electron chi connectivity index (χ2n) is 7.74. The highest BCUT2D eigenvalue weighted by atomic mass is 16.5. The first-order chi connectivity index (χ1) is 14.5. The lowest BCUT2D eigenvalue weighted by atomic mass is 10.1. The minimum atomic E-state index is 0.0696. The number of nitrogens with zero attached hydrogens (tertiary/aromatic N) is 3. The Kier molecular flexibility index (Phi) is 5.74. The molecule has 6 heteroatoms. The second-order valence-corrected chi connectivity index (χ2v) is 7.74. The van der Waals surface area contributed by atoms with E-state index in [1.54, 1.807) is 18.7 Å². The zero-order chi connectivity index (χ0) is 21.1. The van der Waals surface area contributed by atoms with Crippen LogP contribution in [-0.2, 0) is 18.4 Å². The van der Waals surface area contributed by atoms with Crippen molar-refractivity contribution < 1.29 is 14.3 Å². The number of benzene rings is 2. The Morgan fingerprint density at radius 3 is 2.37 bits per heavy atom. The van der Waals surface area contributed by atoms with Crippen LogP contribution in [-0.4, -0.2) is 34.2 Å². The topological polar surface area (TPSA) is 56.6 Å². The molecule has 30 heavy (non-hydrogen) atoms. The highest BCUT2D eigenvalue weighted by Gasteiger charge is 2.28. The summed E-state index contributed by atoms with van der Waals surface area (Å²) in [6, 6.07) is 17.5. The summed E-state index contributed by atoms with van der Waals surface area (Å²) in [5, 5.41) is 4.75. The summed E-state index contributed by atoms with van der Waals surface area (Å²) >= 11 is 0. The molecule has 1 aliphatic carbocycles. The molecule has 0 atom stereocenters. The molecule has 1 aliphatic rings. The lowest BCUT2D eigenvalue weighted by molar-refractivity contribution is -0.129. The van der Waals surface area contributed by atoms with Gasteiger partial charge in [-0.1, -0.05) is 30.3 Å². The van der Waals surface area contributed by atoms with Crippen LogP contribution >= 0.6 is 0 Å². The molecule has 1 fully saturated rings. The smallest absolute Gasteiger partial charge is 0.223 e. The summed E-state index contributed by atoms with van der Waals surface area (Å²) < 4.78 is 13.2. The number of rotatable bonds is 8. The number of ether oxygens (including phenoxy) is 2. The molecule has 1 heterocycles. The van der Waals surface area contributed by atoms with Gasteiger partial charge in [-0.3, -0.25) is 4.79 Å². The van der Waals surface area contributed by atoms with Gasteiger partial charge >= 0.3 is 0 Å². The van der Waals surface area contributed by atoms with Gasteiger partial charge in [0.25, 0.3) is 0 Å². The highest BCUT2D eigenvalue weighted by Crippen LogP contribution is 2.36. The van der Waals surface area contributed by atoms with E-state index in [0.29, 0.717) is 24.1 Å². The van der Waals surface area contributed by atoms with Crippen molar-refractivity contribution in [3.05, 3.63) is 60.2 Å². The largest absolute Gasteiger partial charge is 0.497 e. The monoisotopic (exact) mass is 405 g/mol. The van der Waals surface area contributed by atoms with Gasteiger partial charge in [0.2, 0.25) is 11.8 Å². The Bertz CT molecular complexity index is 1010. The molecule has 6 nitrogen and oxygen atoms in total. The maximum Gasteiger partial charge on any atom is 0.223 e. The van der Waals surface area contributed by atoms with Crippen LogP contribution in [0.25, 0.3) is 11.3 Å². The number of hydrogen-bond donors (Lipinski definition) is 0. The fraction of sp³-hybridized carbons (Fsp3) is 0.333. The van der Waals surface area contributed by atoms with Crippen molar-refractivity contribution in [3.8, 4) is 28.6 Å². The number of methoxy groups -OCH3 is 1. The minimum absolute atomic E-state index is 0.0696. The van der Waals surface area contributed by atoms with E-state index in [1.165, 1.54) is 12.8 Å². The molecule has 1 aromatic heterocycles. The highest BCUT2D eigenvalue weighted by molar-refractivity contribution is 5.74. The number of aryl methyl sites for hydroxylation is 1. The zero-order valence-electron chi connectivity index (χ0n) is 17.7. The van der Waals surface area contributed by atoms with E-state index < -0.39 is 0 Å². The molecule has 0 aliphatic heterocycles. The fourth-order valence-corrected chi connectivity index (χ4v) is 3.51. The van der Waals surface area contributed by atoms with E-state index in [4.69, 9.17) is 14.6 Å². The quantitative estimate of drug-likeness (QED) is 0.548. The molecule has 3 aromatic rings. The lowest BCUT2D eigenvalue weighted by Gasteiger charge is -2.22. The van der Waals surface area contributed by atoms with Crippen molar-refractivity contribution in [2.45, 2.75) is 26.3 Å². The summed E-state index contributed by atoms with van der Waals surface area (Å²) in [7, 11) is 3.51. The van der Waals surface area contributed by atoms with Crippen LogP contribution < -0.4 is 9.47 Å². The van der Waals surface area contributed by atoms with Crippen molar-refractivity contribution in [2.75, 3.05) is 13.7 Å². The Hall–Kier alpha value is -3.28. The number of aromatic nitrogens is 2. The van der Waals surface area contributed by atoms with E-state index in [-0.39, 0.29) is 5.91 Å². The Morgan fingerprint density at radius 1 is 1.10 bits per heavy atom. The first kappa shape index (κ1) is 20.0. The number of carbonyl (C=O) groups is 1. The van der Waals surface area contributed by atoms with Crippen LogP contribution in [0.4, 0.5) is 0 Å². The molecular weight excluding hydrogens is 378 g/mol. The zero-order valence-corrected chi connectivity index (χ0v) is 17.7. The normalized spacial score (nSPS) is 13.2. The van der Waals surface area contributed by atoms with Crippen molar-refractivity contribution >= 4 is 5.91 Å². The van der Waals surface area contributed by atoms with Crippen molar-refractivity contribution in [3.63, 3.8) is 0 Å². The van der Waals surface area contributed by atoms with Gasteiger partial charge in [0, 0.05) is 26.1 Å². The number of amides is 1. The molecule has 1 amide bonds. The number of hydrogen-bond acceptors (Lipinski definition) is 4. The van der Waals surface area contributed by atoms with Crippen LogP contribution in [0.1, 0.15) is 25.3 Å². The summed E-state index contributed by atoms with van der Waals surface area (Å²) in [5.41, 5.74) is 2.75. The molecular formula is C24H27N3O3. The van der Waals surface area contributed by atoms with Crippen LogP contribution in [0, 0.1) is 5.92 Å². The average Bonchev–Trinajstić information content (AvgIpc) is 3.53. The third-order valence-electron chi connectivity index (χ3n) is 5.38. The number of carbonyl (C=O) groups excluding carboxylic acids is 1. The van der Waals surface area contributed by atoms with E-state index in [2.05, 4.69) is 0 Å². The van der Waals surface area contributed by atoms with Gasteiger partial charge in [-0.15, -0.1) is 0 Å². The third kappa shape index (κ3) is 4.48. The second kappa shape index (κ2) is 8.61. The van der Waals surface area contributed by atoms with Gasteiger partial charge in [0.1, 0.15) is 17.2 Å². The summed E-state index contributed by atoms with van der Waals surface area (Å²) in [5.74, 6) is 2.78. The van der Waals surface area contributed by atoms with Gasteiger partial charge in [-0.05, 0) is 43.0 Å². The van der Waals surface area contributed by atoms with Crippen LogP contribution in [0.3, 0.4) is 0 Å². The van der Waals surface area contributed by atoms with Gasteiger partial charge in [0.15, 0.2) is 0 Å². The molecule has 156 valence electrons.